The van der Waals surface area contributed by atoms with Gasteiger partial charge in [-0.3, -0.25) is 4.72 Å². The van der Waals surface area contributed by atoms with E-state index in [0.717, 1.165) is 31.6 Å². The minimum Gasteiger partial charge on any atom is -0.490 e. The van der Waals surface area contributed by atoms with Gasteiger partial charge >= 0.3 is 5.97 Å². The highest BCUT2D eigenvalue weighted by molar-refractivity contribution is 7.92. The average Bonchev–Trinajstić information content (AvgIpc) is 3.30. The van der Waals surface area contributed by atoms with Crippen LogP contribution >= 0.6 is 0 Å². The Morgan fingerprint density at radius 3 is 2.74 bits per heavy atom. The average molecular weight is 505 g/mol. The molecule has 2 unspecified atom stereocenters. The maximum Gasteiger partial charge on any atom is 0.341 e. The molecule has 2 N–H and O–H groups in total. The Kier molecular flexibility index (Phi) is 7.44. The van der Waals surface area contributed by atoms with Gasteiger partial charge in [0.05, 0.1) is 16.7 Å². The van der Waals surface area contributed by atoms with E-state index in [1.54, 1.807) is 18.2 Å². The van der Waals surface area contributed by atoms with Crippen molar-refractivity contribution in [3.63, 3.8) is 0 Å². The molecule has 0 bridgehead atoms. The zero-order chi connectivity index (χ0) is 25.2. The summed E-state index contributed by atoms with van der Waals surface area (Å²) in [7, 11) is -4.25. The number of carboxylic acid groups (broad SMARTS) is 1. The number of fused-ring (bicyclic) bond motifs is 3. The second-order valence-electron chi connectivity index (χ2n) is 8.50. The first-order valence-electron chi connectivity index (χ1n) is 11.6. The molecule has 0 amide bonds. The summed E-state index contributed by atoms with van der Waals surface area (Å²) >= 11 is 0. The Labute approximate surface area is 204 Å². The van der Waals surface area contributed by atoms with Gasteiger partial charge in [-0.25, -0.2) is 17.6 Å². The third-order valence-electron chi connectivity index (χ3n) is 6.46. The fourth-order valence-corrected chi connectivity index (χ4v) is 5.84. The van der Waals surface area contributed by atoms with Crippen molar-refractivity contribution in [3.05, 3.63) is 58.9 Å². The van der Waals surface area contributed by atoms with Crippen LogP contribution in [-0.2, 0) is 14.8 Å². The van der Waals surface area contributed by atoms with Crippen LogP contribution in [0.4, 0.5) is 10.1 Å². The maximum absolute atomic E-state index is 14.0. The van der Waals surface area contributed by atoms with Gasteiger partial charge in [-0.05, 0) is 49.3 Å². The summed E-state index contributed by atoms with van der Waals surface area (Å²) in [5.41, 5.74) is 0.496. The summed E-state index contributed by atoms with van der Waals surface area (Å²) in [4.78, 5) is 14.1. The standard InChI is InChI=1S/C25H29FN2O6S/c1-3-28(4-2)12-5-6-16-14-17(26)7-10-22(16)35(31,32)27-20-9-8-19-18-11-13-33-21(18)15-34-24(19)23(20)25(29)30/h5-10,14,18,21,27H,3-4,11-13,15H2,1-2H3,(H,29,30)/b6-5-. The first-order chi connectivity index (χ1) is 16.7. The van der Waals surface area contributed by atoms with Gasteiger partial charge < -0.3 is 19.5 Å². The minimum absolute atomic E-state index is 0.00199. The molecule has 0 saturated carbocycles. The predicted molar refractivity (Wildman–Crippen MR) is 130 cm³/mol. The lowest BCUT2D eigenvalue weighted by Gasteiger charge is -2.29. The van der Waals surface area contributed by atoms with Crippen LogP contribution in [0.3, 0.4) is 0 Å². The molecule has 4 rings (SSSR count). The molecule has 10 heteroatoms. The number of hydrogen-bond acceptors (Lipinski definition) is 6. The van der Waals surface area contributed by atoms with E-state index >= 15 is 0 Å². The molecule has 2 aliphatic rings. The third kappa shape index (κ3) is 5.19. The number of hydrogen-bond donors (Lipinski definition) is 2. The lowest BCUT2D eigenvalue weighted by Crippen LogP contribution is -2.29. The van der Waals surface area contributed by atoms with Crippen molar-refractivity contribution in [2.45, 2.75) is 37.2 Å². The zero-order valence-electron chi connectivity index (χ0n) is 19.7. The number of ether oxygens (including phenoxy) is 2. The Hall–Kier alpha value is -2.95. The normalized spacial score (nSPS) is 19.4. The number of sulfonamides is 1. The Bertz CT molecular complexity index is 1240. The number of anilines is 1. The summed E-state index contributed by atoms with van der Waals surface area (Å²) in [6.07, 6.45) is 3.93. The van der Waals surface area contributed by atoms with Gasteiger partial charge in [0, 0.05) is 24.6 Å². The molecule has 35 heavy (non-hydrogen) atoms. The lowest BCUT2D eigenvalue weighted by atomic mass is 9.88. The molecule has 2 aromatic rings. The smallest absolute Gasteiger partial charge is 0.341 e. The molecule has 188 valence electrons. The molecule has 2 aromatic carbocycles. The number of likely N-dealkylation sites (N-methyl/N-ethyl adjacent to an activating group) is 1. The highest BCUT2D eigenvalue weighted by Gasteiger charge is 2.38. The van der Waals surface area contributed by atoms with Crippen LogP contribution in [0.2, 0.25) is 0 Å². The summed E-state index contributed by atoms with van der Waals surface area (Å²) in [5.74, 6) is -1.73. The van der Waals surface area contributed by atoms with Gasteiger partial charge in [-0.1, -0.05) is 32.1 Å². The van der Waals surface area contributed by atoms with Crippen molar-refractivity contribution < 1.29 is 32.2 Å². The number of carbonyl (C=O) groups is 1. The highest BCUT2D eigenvalue weighted by Crippen LogP contribution is 2.44. The first-order valence-corrected chi connectivity index (χ1v) is 13.1. The number of aromatic carboxylic acids is 1. The maximum atomic E-state index is 14.0. The fourth-order valence-electron chi connectivity index (χ4n) is 4.58. The number of nitrogens with zero attached hydrogens (tertiary/aromatic N) is 1. The van der Waals surface area contributed by atoms with Crippen LogP contribution in [0, 0.1) is 5.82 Å². The molecule has 2 heterocycles. The molecule has 1 saturated heterocycles. The van der Waals surface area contributed by atoms with Crippen LogP contribution in [0.1, 0.15) is 47.7 Å². The summed E-state index contributed by atoms with van der Waals surface area (Å²) in [6, 6.07) is 6.49. The molecule has 8 nitrogen and oxygen atoms in total. The summed E-state index contributed by atoms with van der Waals surface area (Å²) < 4.78 is 54.4. The molecular weight excluding hydrogens is 475 g/mol. The van der Waals surface area contributed by atoms with Crippen molar-refractivity contribution in [1.82, 2.24) is 4.90 Å². The monoisotopic (exact) mass is 504 g/mol. The van der Waals surface area contributed by atoms with Crippen molar-refractivity contribution in [1.29, 1.82) is 0 Å². The second-order valence-corrected chi connectivity index (χ2v) is 10.2. The van der Waals surface area contributed by atoms with Crippen LogP contribution in [0.25, 0.3) is 6.08 Å². The van der Waals surface area contributed by atoms with Crippen molar-refractivity contribution in [2.75, 3.05) is 37.6 Å². The fraction of sp³-hybridized carbons (Fsp3) is 0.400. The van der Waals surface area contributed by atoms with Gasteiger partial charge in [0.25, 0.3) is 10.0 Å². The quantitative estimate of drug-likeness (QED) is 0.533. The van der Waals surface area contributed by atoms with Gasteiger partial charge in [-0.15, -0.1) is 0 Å². The molecule has 0 radical (unpaired) electrons. The van der Waals surface area contributed by atoms with E-state index in [0.29, 0.717) is 18.7 Å². The van der Waals surface area contributed by atoms with Gasteiger partial charge in [-0.2, -0.15) is 0 Å². The Balaban J connectivity index is 1.68. The number of carboxylic acids is 1. The third-order valence-corrected chi connectivity index (χ3v) is 7.90. The van der Waals surface area contributed by atoms with E-state index < -0.39 is 21.8 Å². The Morgan fingerprint density at radius 2 is 2.03 bits per heavy atom. The topological polar surface area (TPSA) is 105 Å². The van der Waals surface area contributed by atoms with E-state index in [4.69, 9.17) is 9.47 Å². The van der Waals surface area contributed by atoms with E-state index in [1.165, 1.54) is 12.1 Å². The highest BCUT2D eigenvalue weighted by atomic mass is 32.2. The van der Waals surface area contributed by atoms with E-state index in [9.17, 15) is 22.7 Å². The minimum atomic E-state index is -4.25. The van der Waals surface area contributed by atoms with Crippen LogP contribution in [0.15, 0.2) is 41.3 Å². The number of benzene rings is 2. The van der Waals surface area contributed by atoms with Crippen LogP contribution in [0.5, 0.6) is 5.75 Å². The largest absolute Gasteiger partial charge is 0.490 e. The molecule has 2 aliphatic heterocycles. The van der Waals surface area contributed by atoms with E-state index in [2.05, 4.69) is 9.62 Å². The van der Waals surface area contributed by atoms with E-state index in [1.807, 2.05) is 13.8 Å². The van der Waals surface area contributed by atoms with Crippen LogP contribution < -0.4 is 9.46 Å². The second kappa shape index (κ2) is 10.3. The molecular formula is C25H29FN2O6S. The molecule has 2 atom stereocenters. The molecule has 0 spiro atoms. The van der Waals surface area contributed by atoms with Crippen molar-refractivity contribution in [3.8, 4) is 5.75 Å². The number of nitrogens with one attached hydrogen (secondary N) is 1. The predicted octanol–water partition coefficient (Wildman–Crippen LogP) is 3.94. The summed E-state index contributed by atoms with van der Waals surface area (Å²) in [6.45, 7) is 7.01. The van der Waals surface area contributed by atoms with Gasteiger partial charge in [0.2, 0.25) is 0 Å². The van der Waals surface area contributed by atoms with Gasteiger partial charge in [0.15, 0.2) is 0 Å². The zero-order valence-corrected chi connectivity index (χ0v) is 20.5. The van der Waals surface area contributed by atoms with Crippen LogP contribution in [-0.4, -0.2) is 63.3 Å². The van der Waals surface area contributed by atoms with Crippen molar-refractivity contribution in [2.24, 2.45) is 0 Å². The first kappa shape index (κ1) is 25.2. The van der Waals surface area contributed by atoms with E-state index in [-0.39, 0.29) is 46.1 Å². The Morgan fingerprint density at radius 1 is 1.26 bits per heavy atom. The van der Waals surface area contributed by atoms with Crippen molar-refractivity contribution >= 4 is 27.8 Å². The molecule has 0 aromatic heterocycles. The SMILES string of the molecule is CCN(CC)C/C=C\c1cc(F)ccc1S(=O)(=O)Nc1ccc2c(c1C(=O)O)OCC1OCCC21. The summed E-state index contributed by atoms with van der Waals surface area (Å²) in [5, 5.41) is 9.92. The number of rotatable bonds is 9. The number of halogens is 1. The molecule has 1 fully saturated rings. The lowest BCUT2D eigenvalue weighted by molar-refractivity contribution is 0.0484. The molecule has 0 aliphatic carbocycles. The van der Waals surface area contributed by atoms with Gasteiger partial charge in [0.1, 0.15) is 23.7 Å².